The lowest BCUT2D eigenvalue weighted by atomic mass is 10.0. The summed E-state index contributed by atoms with van der Waals surface area (Å²) in [6, 6.07) is 0. The molecule has 0 aromatic carbocycles. The molecule has 0 aliphatic heterocycles. The topological polar surface area (TPSA) is 26.3 Å². The first-order chi connectivity index (χ1) is 25.8. The molecule has 0 radical (unpaired) electrons. The van der Waals surface area contributed by atoms with E-state index in [2.05, 4.69) is 26.0 Å². The molecule has 0 fully saturated rings. The number of ether oxygens (including phenoxy) is 1. The second-order valence-corrected chi connectivity index (χ2v) is 16.8. The van der Waals surface area contributed by atoms with Gasteiger partial charge in [0.05, 0.1) is 6.61 Å². The third-order valence-corrected chi connectivity index (χ3v) is 11.4. The van der Waals surface area contributed by atoms with Gasteiger partial charge in [0.1, 0.15) is 0 Å². The molecule has 2 nitrogen and oxygen atoms in total. The fraction of sp³-hybridized carbons (Fsp3) is 0.940. The molecule has 0 aliphatic rings. The molecular weight excluding hydrogens is 633 g/mol. The highest BCUT2D eigenvalue weighted by atomic mass is 16.5. The summed E-state index contributed by atoms with van der Waals surface area (Å²) in [5.74, 6) is 0.0278. The Bertz CT molecular complexity index is 669. The molecule has 0 rings (SSSR count). The van der Waals surface area contributed by atoms with E-state index in [0.29, 0.717) is 13.0 Å². The molecule has 0 aliphatic carbocycles. The van der Waals surface area contributed by atoms with Gasteiger partial charge in [-0.1, -0.05) is 264 Å². The Kier molecular flexibility index (Phi) is 47.5. The minimum absolute atomic E-state index is 0.0278. The summed E-state index contributed by atoms with van der Waals surface area (Å²) in [7, 11) is 0. The standard InChI is InChI=1S/C50H98O2/c1-3-5-7-9-11-13-15-17-19-21-22-23-24-25-26-27-28-29-30-31-33-35-37-39-41-43-45-47-49-52-50(51)48-46-44-42-40-38-36-34-32-20-18-16-14-12-10-8-6-4-2/h14,16H,3-13,15,17-49H2,1-2H3. The van der Waals surface area contributed by atoms with E-state index in [9.17, 15) is 4.79 Å². The van der Waals surface area contributed by atoms with E-state index in [4.69, 9.17) is 4.74 Å². The summed E-state index contributed by atoms with van der Waals surface area (Å²) in [4.78, 5) is 12.0. The van der Waals surface area contributed by atoms with Gasteiger partial charge >= 0.3 is 5.97 Å². The van der Waals surface area contributed by atoms with Gasteiger partial charge in [-0.15, -0.1) is 0 Å². The van der Waals surface area contributed by atoms with Crippen LogP contribution in [-0.4, -0.2) is 12.6 Å². The van der Waals surface area contributed by atoms with Crippen molar-refractivity contribution in [3.05, 3.63) is 12.2 Å². The van der Waals surface area contributed by atoms with Gasteiger partial charge < -0.3 is 4.74 Å². The molecule has 2 heteroatoms. The van der Waals surface area contributed by atoms with Crippen molar-refractivity contribution in [2.75, 3.05) is 6.61 Å². The van der Waals surface area contributed by atoms with Crippen molar-refractivity contribution in [1.82, 2.24) is 0 Å². The van der Waals surface area contributed by atoms with Gasteiger partial charge in [0, 0.05) is 6.42 Å². The van der Waals surface area contributed by atoms with E-state index >= 15 is 0 Å². The summed E-state index contributed by atoms with van der Waals surface area (Å²) in [5.41, 5.74) is 0. The van der Waals surface area contributed by atoms with Crippen molar-refractivity contribution >= 4 is 5.97 Å². The molecule has 0 bridgehead atoms. The Morgan fingerprint density at radius 1 is 0.308 bits per heavy atom. The van der Waals surface area contributed by atoms with Crippen LogP contribution in [0.2, 0.25) is 0 Å². The van der Waals surface area contributed by atoms with E-state index in [1.54, 1.807) is 0 Å². The zero-order chi connectivity index (χ0) is 37.5. The van der Waals surface area contributed by atoms with Crippen LogP contribution in [0, 0.1) is 0 Å². The highest BCUT2D eigenvalue weighted by molar-refractivity contribution is 5.69. The summed E-state index contributed by atoms with van der Waals surface area (Å²) >= 11 is 0. The normalized spacial score (nSPS) is 11.7. The highest BCUT2D eigenvalue weighted by Crippen LogP contribution is 2.17. The molecule has 0 heterocycles. The van der Waals surface area contributed by atoms with Crippen LogP contribution >= 0.6 is 0 Å². The molecule has 0 atom stereocenters. The summed E-state index contributed by atoms with van der Waals surface area (Å²) < 4.78 is 5.49. The van der Waals surface area contributed by atoms with Crippen LogP contribution in [-0.2, 0) is 9.53 Å². The van der Waals surface area contributed by atoms with Crippen molar-refractivity contribution in [2.24, 2.45) is 0 Å². The molecule has 0 aromatic heterocycles. The van der Waals surface area contributed by atoms with Crippen molar-refractivity contribution in [3.63, 3.8) is 0 Å². The van der Waals surface area contributed by atoms with Crippen molar-refractivity contribution < 1.29 is 9.53 Å². The van der Waals surface area contributed by atoms with Crippen LogP contribution in [0.3, 0.4) is 0 Å². The maximum absolute atomic E-state index is 12.0. The third-order valence-electron chi connectivity index (χ3n) is 11.4. The number of esters is 1. The molecule has 0 aromatic rings. The lowest BCUT2D eigenvalue weighted by Crippen LogP contribution is -2.05. The molecule has 310 valence electrons. The van der Waals surface area contributed by atoms with E-state index in [-0.39, 0.29) is 5.97 Å². The monoisotopic (exact) mass is 731 g/mol. The first-order valence-corrected chi connectivity index (χ1v) is 24.6. The lowest BCUT2D eigenvalue weighted by molar-refractivity contribution is -0.143. The van der Waals surface area contributed by atoms with Gasteiger partial charge in [-0.3, -0.25) is 4.79 Å². The van der Waals surface area contributed by atoms with Crippen LogP contribution in [0.25, 0.3) is 0 Å². The molecular formula is C50H98O2. The predicted octanol–water partition coefficient (Wildman–Crippen LogP) is 18.3. The molecule has 0 saturated heterocycles. The van der Waals surface area contributed by atoms with Gasteiger partial charge in [0.2, 0.25) is 0 Å². The molecule has 0 N–H and O–H groups in total. The summed E-state index contributed by atoms with van der Waals surface area (Å²) in [6.07, 6.45) is 64.9. The summed E-state index contributed by atoms with van der Waals surface area (Å²) in [5, 5.41) is 0. The third kappa shape index (κ3) is 47.2. The van der Waals surface area contributed by atoms with E-state index in [1.165, 1.54) is 263 Å². The van der Waals surface area contributed by atoms with Gasteiger partial charge in [-0.25, -0.2) is 0 Å². The lowest BCUT2D eigenvalue weighted by Gasteiger charge is -2.06. The zero-order valence-electron chi connectivity index (χ0n) is 36.3. The molecule has 0 unspecified atom stereocenters. The number of rotatable bonds is 46. The first-order valence-electron chi connectivity index (χ1n) is 24.6. The number of hydrogen-bond acceptors (Lipinski definition) is 2. The Hall–Kier alpha value is -0.790. The van der Waals surface area contributed by atoms with Gasteiger partial charge in [-0.2, -0.15) is 0 Å². The molecule has 0 saturated carbocycles. The van der Waals surface area contributed by atoms with Gasteiger partial charge in [0.15, 0.2) is 0 Å². The van der Waals surface area contributed by atoms with Crippen molar-refractivity contribution in [3.8, 4) is 0 Å². The fourth-order valence-electron chi connectivity index (χ4n) is 7.72. The minimum Gasteiger partial charge on any atom is -0.466 e. The van der Waals surface area contributed by atoms with Crippen LogP contribution in [0.15, 0.2) is 12.2 Å². The maximum atomic E-state index is 12.0. The quantitative estimate of drug-likeness (QED) is 0.0354. The number of allylic oxidation sites excluding steroid dienone is 2. The predicted molar refractivity (Wildman–Crippen MR) is 235 cm³/mol. The van der Waals surface area contributed by atoms with Crippen molar-refractivity contribution in [1.29, 1.82) is 0 Å². The highest BCUT2D eigenvalue weighted by Gasteiger charge is 2.03. The van der Waals surface area contributed by atoms with Gasteiger partial charge in [0.25, 0.3) is 0 Å². The van der Waals surface area contributed by atoms with Crippen LogP contribution in [0.1, 0.15) is 296 Å². The first kappa shape index (κ1) is 51.2. The average molecular weight is 731 g/mol. The SMILES string of the molecule is CCCCCCC=CCCCCCCCCCCCC(=O)OCCCCCCCCCCCCCCCCCCCCCCCCCCCCCC. The zero-order valence-corrected chi connectivity index (χ0v) is 36.3. The number of hydrogen-bond donors (Lipinski definition) is 0. The number of carbonyl (C=O) groups excluding carboxylic acids is 1. The Labute approximate surface area is 329 Å². The van der Waals surface area contributed by atoms with Crippen LogP contribution in [0.4, 0.5) is 0 Å². The second-order valence-electron chi connectivity index (χ2n) is 16.8. The molecule has 0 amide bonds. The minimum atomic E-state index is 0.0278. The van der Waals surface area contributed by atoms with Crippen LogP contribution < -0.4 is 0 Å². The van der Waals surface area contributed by atoms with Gasteiger partial charge in [-0.05, 0) is 38.5 Å². The second kappa shape index (κ2) is 48.2. The molecule has 0 spiro atoms. The Morgan fingerprint density at radius 3 is 0.846 bits per heavy atom. The van der Waals surface area contributed by atoms with Crippen molar-refractivity contribution in [2.45, 2.75) is 296 Å². The average Bonchev–Trinajstić information content (AvgIpc) is 3.15. The summed E-state index contributed by atoms with van der Waals surface area (Å²) in [6.45, 7) is 5.22. The maximum Gasteiger partial charge on any atom is 0.305 e. The molecule has 52 heavy (non-hydrogen) atoms. The largest absolute Gasteiger partial charge is 0.466 e. The van der Waals surface area contributed by atoms with E-state index < -0.39 is 0 Å². The Balaban J connectivity index is 3.15. The van der Waals surface area contributed by atoms with Crippen LogP contribution in [0.5, 0.6) is 0 Å². The smallest absolute Gasteiger partial charge is 0.305 e. The number of carbonyl (C=O) groups is 1. The van der Waals surface area contributed by atoms with E-state index in [0.717, 1.165) is 12.8 Å². The fourth-order valence-corrected chi connectivity index (χ4v) is 7.72. The number of unbranched alkanes of at least 4 members (excludes halogenated alkanes) is 40. The Morgan fingerprint density at radius 2 is 0.538 bits per heavy atom. The van der Waals surface area contributed by atoms with E-state index in [1.807, 2.05) is 0 Å².